The maximum Gasteiger partial charge on any atom is 0.223 e. The normalized spacial score (nSPS) is 26.9. The first-order valence-electron chi connectivity index (χ1n) is 5.05. The van der Waals surface area contributed by atoms with Crippen LogP contribution in [0.4, 0.5) is 0 Å². The van der Waals surface area contributed by atoms with Crippen LogP contribution in [0.3, 0.4) is 0 Å². The molecule has 2 unspecified atom stereocenters. The molecule has 82 valence electrons. The molecule has 0 radical (unpaired) electrons. The highest BCUT2D eigenvalue weighted by atomic mass is 79.9. The summed E-state index contributed by atoms with van der Waals surface area (Å²) in [5, 5.41) is 0.916. The second-order valence-electron chi connectivity index (χ2n) is 3.82. The van der Waals surface area contributed by atoms with Crippen molar-refractivity contribution < 1.29 is 4.79 Å². The number of rotatable bonds is 4. The van der Waals surface area contributed by atoms with Gasteiger partial charge >= 0.3 is 0 Å². The molecular weight excluding hydrogens is 262 g/mol. The number of carbonyl (C=O) groups is 1. The van der Waals surface area contributed by atoms with Crippen molar-refractivity contribution in [1.29, 1.82) is 0 Å². The van der Waals surface area contributed by atoms with Gasteiger partial charge in [-0.15, -0.1) is 0 Å². The number of carbonyl (C=O) groups excluding carboxylic acids is 1. The maximum absolute atomic E-state index is 11.8. The average molecular weight is 280 g/mol. The van der Waals surface area contributed by atoms with Crippen molar-refractivity contribution in [2.75, 3.05) is 23.9 Å². The van der Waals surface area contributed by atoms with E-state index in [0.29, 0.717) is 24.3 Å². The lowest BCUT2D eigenvalue weighted by Crippen LogP contribution is -2.38. The second kappa shape index (κ2) is 6.01. The molecule has 1 heterocycles. The Morgan fingerprint density at radius 2 is 2.36 bits per heavy atom. The van der Waals surface area contributed by atoms with Crippen molar-refractivity contribution in [2.24, 2.45) is 5.92 Å². The summed E-state index contributed by atoms with van der Waals surface area (Å²) in [7, 11) is 0. The van der Waals surface area contributed by atoms with E-state index in [1.807, 2.05) is 6.26 Å². The van der Waals surface area contributed by atoms with E-state index in [2.05, 4.69) is 27.8 Å². The quantitative estimate of drug-likeness (QED) is 0.737. The van der Waals surface area contributed by atoms with Gasteiger partial charge in [0.25, 0.3) is 0 Å². The monoisotopic (exact) mass is 279 g/mol. The average Bonchev–Trinajstić information content (AvgIpc) is 2.55. The molecule has 1 saturated heterocycles. The third-order valence-electron chi connectivity index (χ3n) is 2.88. The molecule has 0 bridgehead atoms. The molecule has 0 aromatic carbocycles. The van der Waals surface area contributed by atoms with E-state index in [1.165, 1.54) is 0 Å². The number of halogens is 1. The number of likely N-dealkylation sites (tertiary alicyclic amines) is 1. The van der Waals surface area contributed by atoms with Crippen LogP contribution in [0, 0.1) is 5.92 Å². The van der Waals surface area contributed by atoms with E-state index in [-0.39, 0.29) is 0 Å². The molecular formula is C10H18BrNOS. The van der Waals surface area contributed by atoms with Crippen LogP contribution in [0.25, 0.3) is 0 Å². The summed E-state index contributed by atoms with van der Waals surface area (Å²) >= 11 is 5.23. The van der Waals surface area contributed by atoms with Crippen molar-refractivity contribution in [1.82, 2.24) is 4.90 Å². The molecule has 1 rings (SSSR count). The molecule has 0 aromatic heterocycles. The van der Waals surface area contributed by atoms with Gasteiger partial charge in [0.1, 0.15) is 0 Å². The Morgan fingerprint density at radius 3 is 2.93 bits per heavy atom. The zero-order valence-corrected chi connectivity index (χ0v) is 11.2. The predicted octanol–water partition coefficient (Wildman–Crippen LogP) is 2.37. The zero-order chi connectivity index (χ0) is 10.6. The lowest BCUT2D eigenvalue weighted by Gasteiger charge is -2.25. The van der Waals surface area contributed by atoms with E-state index < -0.39 is 0 Å². The number of hydrogen-bond donors (Lipinski definition) is 0. The second-order valence-corrected chi connectivity index (χ2v) is 5.45. The fourth-order valence-corrected chi connectivity index (χ4v) is 3.25. The lowest BCUT2D eigenvalue weighted by atomic mass is 10.1. The maximum atomic E-state index is 11.8. The van der Waals surface area contributed by atoms with Crippen LogP contribution >= 0.6 is 27.7 Å². The summed E-state index contributed by atoms with van der Waals surface area (Å²) in [6.07, 6.45) is 3.89. The third kappa shape index (κ3) is 2.89. The standard InChI is InChI=1S/C10H18BrNOS/c1-8-3-5-12(9(8)7-11)10(13)4-6-14-2/h8-9H,3-7H2,1-2H3. The van der Waals surface area contributed by atoms with Crippen molar-refractivity contribution in [3.63, 3.8) is 0 Å². The SMILES string of the molecule is CSCCC(=O)N1CCC(C)C1CBr. The highest BCUT2D eigenvalue weighted by molar-refractivity contribution is 9.09. The first-order valence-corrected chi connectivity index (χ1v) is 7.56. The van der Waals surface area contributed by atoms with E-state index in [1.54, 1.807) is 11.8 Å². The first kappa shape index (κ1) is 12.4. The summed E-state index contributed by atoms with van der Waals surface area (Å²) in [5.41, 5.74) is 0. The minimum atomic E-state index is 0.327. The fraction of sp³-hybridized carbons (Fsp3) is 0.900. The van der Waals surface area contributed by atoms with Crippen molar-refractivity contribution in [2.45, 2.75) is 25.8 Å². The zero-order valence-electron chi connectivity index (χ0n) is 8.83. The number of amides is 1. The molecule has 2 nitrogen and oxygen atoms in total. The molecule has 1 aliphatic rings. The molecule has 0 saturated carbocycles. The Balaban J connectivity index is 2.46. The molecule has 0 aliphatic carbocycles. The van der Waals surface area contributed by atoms with Gasteiger partial charge in [0.15, 0.2) is 0 Å². The smallest absolute Gasteiger partial charge is 0.223 e. The van der Waals surface area contributed by atoms with Gasteiger partial charge in [-0.1, -0.05) is 22.9 Å². The van der Waals surface area contributed by atoms with Gasteiger partial charge in [-0.05, 0) is 18.6 Å². The van der Waals surface area contributed by atoms with Gasteiger partial charge in [-0.25, -0.2) is 0 Å². The molecule has 0 spiro atoms. The predicted molar refractivity (Wildman–Crippen MR) is 66.1 cm³/mol. The number of alkyl halides is 1. The van der Waals surface area contributed by atoms with Crippen LogP contribution in [0.2, 0.25) is 0 Å². The van der Waals surface area contributed by atoms with Gasteiger partial charge < -0.3 is 4.90 Å². The summed E-state index contributed by atoms with van der Waals surface area (Å²) in [6.45, 7) is 3.18. The van der Waals surface area contributed by atoms with E-state index >= 15 is 0 Å². The minimum absolute atomic E-state index is 0.327. The lowest BCUT2D eigenvalue weighted by molar-refractivity contribution is -0.131. The van der Waals surface area contributed by atoms with Crippen LogP contribution in [-0.2, 0) is 4.79 Å². The molecule has 2 atom stereocenters. The van der Waals surface area contributed by atoms with Gasteiger partial charge in [0, 0.05) is 30.1 Å². The number of nitrogens with zero attached hydrogens (tertiary/aromatic N) is 1. The Kier molecular flexibility index (Phi) is 5.31. The van der Waals surface area contributed by atoms with Crippen molar-refractivity contribution in [3.05, 3.63) is 0 Å². The van der Waals surface area contributed by atoms with E-state index in [9.17, 15) is 4.79 Å². The van der Waals surface area contributed by atoms with Crippen molar-refractivity contribution in [3.8, 4) is 0 Å². The number of hydrogen-bond acceptors (Lipinski definition) is 2. The largest absolute Gasteiger partial charge is 0.339 e. The van der Waals surface area contributed by atoms with E-state index in [0.717, 1.165) is 24.0 Å². The third-order valence-corrected chi connectivity index (χ3v) is 4.16. The van der Waals surface area contributed by atoms with Crippen LogP contribution in [-0.4, -0.2) is 40.7 Å². The van der Waals surface area contributed by atoms with Crippen LogP contribution in [0.15, 0.2) is 0 Å². The highest BCUT2D eigenvalue weighted by Gasteiger charge is 2.32. The molecule has 1 fully saturated rings. The topological polar surface area (TPSA) is 20.3 Å². The molecule has 1 amide bonds. The van der Waals surface area contributed by atoms with Gasteiger partial charge in [0.2, 0.25) is 5.91 Å². The van der Waals surface area contributed by atoms with Crippen LogP contribution < -0.4 is 0 Å². The number of thioether (sulfide) groups is 1. The van der Waals surface area contributed by atoms with Crippen molar-refractivity contribution >= 4 is 33.6 Å². The Hall–Kier alpha value is 0.300. The Labute approximate surface area is 98.9 Å². The molecule has 0 N–H and O–H groups in total. The van der Waals surface area contributed by atoms with Gasteiger partial charge in [-0.3, -0.25) is 4.79 Å². The van der Waals surface area contributed by atoms with Crippen LogP contribution in [0.5, 0.6) is 0 Å². The molecule has 1 aliphatic heterocycles. The van der Waals surface area contributed by atoms with Gasteiger partial charge in [-0.2, -0.15) is 11.8 Å². The summed E-state index contributed by atoms with van der Waals surface area (Å²) < 4.78 is 0. The molecule has 0 aromatic rings. The summed E-state index contributed by atoms with van der Waals surface area (Å²) in [6, 6.07) is 0.421. The van der Waals surface area contributed by atoms with Crippen LogP contribution in [0.1, 0.15) is 19.8 Å². The minimum Gasteiger partial charge on any atom is -0.339 e. The summed E-state index contributed by atoms with van der Waals surface area (Å²) in [4.78, 5) is 13.9. The first-order chi connectivity index (χ1) is 6.70. The Bertz CT molecular complexity index is 201. The Morgan fingerprint density at radius 1 is 1.64 bits per heavy atom. The molecule has 14 heavy (non-hydrogen) atoms. The molecule has 4 heteroatoms. The van der Waals surface area contributed by atoms with E-state index in [4.69, 9.17) is 0 Å². The van der Waals surface area contributed by atoms with Gasteiger partial charge in [0.05, 0.1) is 0 Å². The fourth-order valence-electron chi connectivity index (χ4n) is 1.89. The highest BCUT2D eigenvalue weighted by Crippen LogP contribution is 2.26. The summed E-state index contributed by atoms with van der Waals surface area (Å²) in [5.74, 6) is 1.92.